The van der Waals surface area contributed by atoms with E-state index in [1.165, 1.54) is 28.6 Å². The lowest BCUT2D eigenvalue weighted by Crippen LogP contribution is -2.29. The maximum Gasteiger partial charge on any atom is 0.255 e. The summed E-state index contributed by atoms with van der Waals surface area (Å²) in [6.45, 7) is 0.0591. The number of hydrogen-bond donors (Lipinski definition) is 1. The van der Waals surface area contributed by atoms with Crippen LogP contribution >= 0.6 is 15.9 Å². The molecule has 1 amide bonds. The van der Waals surface area contributed by atoms with Crippen LogP contribution in [0.15, 0.2) is 77.3 Å². The van der Waals surface area contributed by atoms with Gasteiger partial charge in [0.1, 0.15) is 5.82 Å². The third-order valence-electron chi connectivity index (χ3n) is 4.16. The smallest absolute Gasteiger partial charge is 0.255 e. The summed E-state index contributed by atoms with van der Waals surface area (Å²) in [6, 6.07) is 19.1. The predicted octanol–water partition coefficient (Wildman–Crippen LogP) is 4.81. The van der Waals surface area contributed by atoms with Crippen molar-refractivity contribution in [1.29, 1.82) is 0 Å². The van der Waals surface area contributed by atoms with Crippen LogP contribution in [0.2, 0.25) is 0 Å². The Kier molecular flexibility index (Phi) is 6.34. The van der Waals surface area contributed by atoms with E-state index in [9.17, 15) is 17.6 Å². The lowest BCUT2D eigenvalue weighted by atomic mass is 10.1. The van der Waals surface area contributed by atoms with Crippen molar-refractivity contribution in [1.82, 2.24) is 0 Å². The third kappa shape index (κ3) is 5.65. The number of anilines is 2. The number of halogens is 2. The molecule has 0 fully saturated rings. The Hall–Kier alpha value is -2.71. The highest BCUT2D eigenvalue weighted by Gasteiger charge is 2.18. The number of carbonyl (C=O) groups excluding carboxylic acids is 1. The highest BCUT2D eigenvalue weighted by molar-refractivity contribution is 9.10. The van der Waals surface area contributed by atoms with E-state index in [0.29, 0.717) is 22.5 Å². The summed E-state index contributed by atoms with van der Waals surface area (Å²) in [5.41, 5.74) is 2.11. The Balaban J connectivity index is 1.79. The van der Waals surface area contributed by atoms with E-state index in [4.69, 9.17) is 0 Å². The Labute approximate surface area is 177 Å². The molecule has 0 aliphatic rings. The summed E-state index contributed by atoms with van der Waals surface area (Å²) in [5.74, 6) is -0.691. The Morgan fingerprint density at radius 1 is 0.966 bits per heavy atom. The molecule has 5 nitrogen and oxygen atoms in total. The normalized spacial score (nSPS) is 11.1. The quantitative estimate of drug-likeness (QED) is 0.555. The van der Waals surface area contributed by atoms with Gasteiger partial charge in [-0.25, -0.2) is 12.8 Å². The van der Waals surface area contributed by atoms with Crippen LogP contribution in [-0.4, -0.2) is 20.6 Å². The Morgan fingerprint density at radius 2 is 1.55 bits per heavy atom. The van der Waals surface area contributed by atoms with Crippen molar-refractivity contribution in [2.75, 3.05) is 15.9 Å². The summed E-state index contributed by atoms with van der Waals surface area (Å²) in [4.78, 5) is 12.4. The van der Waals surface area contributed by atoms with Crippen LogP contribution in [0, 0.1) is 5.82 Å². The summed E-state index contributed by atoms with van der Waals surface area (Å²) in [7, 11) is -3.58. The molecule has 8 heteroatoms. The van der Waals surface area contributed by atoms with E-state index in [1.807, 2.05) is 12.1 Å². The van der Waals surface area contributed by atoms with Gasteiger partial charge in [-0.2, -0.15) is 0 Å². The Bertz CT molecular complexity index is 1100. The second-order valence-electron chi connectivity index (χ2n) is 6.40. The SMILES string of the molecule is CS(=O)(=O)N(Cc1ccc(F)cc1)c1ccc(C(=O)Nc2ccc(Br)cc2)cc1. The van der Waals surface area contributed by atoms with E-state index >= 15 is 0 Å². The summed E-state index contributed by atoms with van der Waals surface area (Å²) < 4.78 is 39.7. The molecular weight excluding hydrogens is 459 g/mol. The molecule has 1 N–H and O–H groups in total. The summed E-state index contributed by atoms with van der Waals surface area (Å²) in [5, 5.41) is 2.78. The molecule has 0 spiro atoms. The standard InChI is InChI=1S/C21H18BrFN2O3S/c1-29(27,28)25(14-15-2-8-18(23)9-3-15)20-12-4-16(5-13-20)21(26)24-19-10-6-17(22)7-11-19/h2-13H,14H2,1H3,(H,24,26). The molecule has 3 aromatic rings. The molecule has 0 aliphatic carbocycles. The molecule has 0 atom stereocenters. The highest BCUT2D eigenvalue weighted by Crippen LogP contribution is 2.22. The van der Waals surface area contributed by atoms with E-state index < -0.39 is 10.0 Å². The molecule has 0 aromatic heterocycles. The van der Waals surface area contributed by atoms with Gasteiger partial charge in [0.15, 0.2) is 0 Å². The third-order valence-corrected chi connectivity index (χ3v) is 5.83. The lowest BCUT2D eigenvalue weighted by Gasteiger charge is -2.22. The first kappa shape index (κ1) is 21.0. The minimum absolute atomic E-state index is 0.0591. The molecule has 0 aliphatic heterocycles. The molecular formula is C21H18BrFN2O3S. The molecule has 0 saturated carbocycles. The van der Waals surface area contributed by atoms with Crippen molar-refractivity contribution in [3.63, 3.8) is 0 Å². The number of nitrogens with one attached hydrogen (secondary N) is 1. The first-order valence-corrected chi connectivity index (χ1v) is 11.3. The fraction of sp³-hybridized carbons (Fsp3) is 0.0952. The lowest BCUT2D eigenvalue weighted by molar-refractivity contribution is 0.102. The zero-order valence-corrected chi connectivity index (χ0v) is 17.9. The number of nitrogens with zero attached hydrogens (tertiary/aromatic N) is 1. The van der Waals surface area contributed by atoms with Crippen LogP contribution in [0.3, 0.4) is 0 Å². The molecule has 3 rings (SSSR count). The molecule has 0 radical (unpaired) electrons. The monoisotopic (exact) mass is 476 g/mol. The molecule has 3 aromatic carbocycles. The van der Waals surface area contributed by atoms with Crippen molar-refractivity contribution >= 4 is 43.2 Å². The van der Waals surface area contributed by atoms with Gasteiger partial charge in [0.25, 0.3) is 5.91 Å². The van der Waals surface area contributed by atoms with Gasteiger partial charge in [0.05, 0.1) is 18.5 Å². The first-order chi connectivity index (χ1) is 13.7. The molecule has 0 saturated heterocycles. The van der Waals surface area contributed by atoms with Crippen LogP contribution in [0.5, 0.6) is 0 Å². The van der Waals surface area contributed by atoms with Crippen LogP contribution < -0.4 is 9.62 Å². The maximum absolute atomic E-state index is 13.1. The predicted molar refractivity (Wildman–Crippen MR) is 116 cm³/mol. The average molecular weight is 477 g/mol. The Morgan fingerprint density at radius 3 is 2.10 bits per heavy atom. The molecule has 0 bridgehead atoms. The number of benzene rings is 3. The van der Waals surface area contributed by atoms with E-state index in [1.54, 1.807) is 36.4 Å². The summed E-state index contributed by atoms with van der Waals surface area (Å²) in [6.07, 6.45) is 1.10. The minimum Gasteiger partial charge on any atom is -0.322 e. The van der Waals surface area contributed by atoms with Crippen molar-refractivity contribution in [3.8, 4) is 0 Å². The number of carbonyl (C=O) groups is 1. The number of sulfonamides is 1. The average Bonchev–Trinajstić information content (AvgIpc) is 2.68. The highest BCUT2D eigenvalue weighted by atomic mass is 79.9. The second-order valence-corrected chi connectivity index (χ2v) is 9.23. The van der Waals surface area contributed by atoms with Gasteiger partial charge in [0.2, 0.25) is 10.0 Å². The van der Waals surface area contributed by atoms with Crippen molar-refractivity contribution in [2.45, 2.75) is 6.54 Å². The second kappa shape index (κ2) is 8.75. The molecule has 150 valence electrons. The van der Waals surface area contributed by atoms with Crippen LogP contribution in [0.25, 0.3) is 0 Å². The van der Waals surface area contributed by atoms with E-state index in [0.717, 1.165) is 10.7 Å². The van der Waals surface area contributed by atoms with Crippen molar-refractivity contribution < 1.29 is 17.6 Å². The number of amides is 1. The minimum atomic E-state index is -3.58. The fourth-order valence-corrected chi connectivity index (χ4v) is 3.82. The molecule has 29 heavy (non-hydrogen) atoms. The van der Waals surface area contributed by atoms with Gasteiger partial charge >= 0.3 is 0 Å². The van der Waals surface area contributed by atoms with Crippen LogP contribution in [0.1, 0.15) is 15.9 Å². The zero-order valence-electron chi connectivity index (χ0n) is 15.5. The van der Waals surface area contributed by atoms with Gasteiger partial charge < -0.3 is 5.32 Å². The first-order valence-electron chi connectivity index (χ1n) is 8.61. The van der Waals surface area contributed by atoms with Gasteiger partial charge in [0, 0.05) is 15.7 Å². The van der Waals surface area contributed by atoms with Crippen molar-refractivity contribution in [3.05, 3.63) is 94.2 Å². The largest absolute Gasteiger partial charge is 0.322 e. The topological polar surface area (TPSA) is 66.5 Å². The number of hydrogen-bond acceptors (Lipinski definition) is 3. The van der Waals surface area contributed by atoms with Gasteiger partial charge in [-0.3, -0.25) is 9.10 Å². The van der Waals surface area contributed by atoms with Gasteiger partial charge in [-0.1, -0.05) is 28.1 Å². The van der Waals surface area contributed by atoms with E-state index in [-0.39, 0.29) is 18.3 Å². The molecule has 0 unspecified atom stereocenters. The van der Waals surface area contributed by atoms with Crippen LogP contribution in [0.4, 0.5) is 15.8 Å². The van der Waals surface area contributed by atoms with Gasteiger partial charge in [-0.05, 0) is 66.2 Å². The summed E-state index contributed by atoms with van der Waals surface area (Å²) >= 11 is 3.34. The van der Waals surface area contributed by atoms with Gasteiger partial charge in [-0.15, -0.1) is 0 Å². The number of rotatable bonds is 6. The fourth-order valence-electron chi connectivity index (χ4n) is 2.67. The van der Waals surface area contributed by atoms with E-state index in [2.05, 4.69) is 21.2 Å². The van der Waals surface area contributed by atoms with Crippen LogP contribution in [-0.2, 0) is 16.6 Å². The maximum atomic E-state index is 13.1. The van der Waals surface area contributed by atoms with Crippen molar-refractivity contribution in [2.24, 2.45) is 0 Å². The zero-order chi connectivity index (χ0) is 21.0. The molecule has 0 heterocycles.